The molecule has 1 aliphatic heterocycles. The lowest BCUT2D eigenvalue weighted by Gasteiger charge is -2.33. The summed E-state index contributed by atoms with van der Waals surface area (Å²) in [5.74, 6) is 0.156. The SMILES string of the molecule is Cn1ncc2c(NC3CCCN(Cc4ccccc4)C3=O)ccnc21. The number of nitrogens with zero attached hydrogens (tertiary/aromatic N) is 4. The Hall–Kier alpha value is -2.89. The second-order valence-electron chi connectivity index (χ2n) is 6.45. The second-order valence-corrected chi connectivity index (χ2v) is 6.45. The van der Waals surface area contributed by atoms with E-state index in [4.69, 9.17) is 0 Å². The first-order chi connectivity index (χ1) is 12.2. The zero-order valence-corrected chi connectivity index (χ0v) is 14.2. The van der Waals surface area contributed by atoms with Crippen LogP contribution in [0.2, 0.25) is 0 Å². The minimum atomic E-state index is -0.205. The van der Waals surface area contributed by atoms with E-state index in [1.807, 2.05) is 36.2 Å². The molecule has 0 bridgehead atoms. The molecular formula is C19H21N5O. The van der Waals surface area contributed by atoms with Crippen LogP contribution in [-0.4, -0.2) is 38.2 Å². The molecular weight excluding hydrogens is 314 g/mol. The molecule has 2 aromatic heterocycles. The lowest BCUT2D eigenvalue weighted by atomic mass is 10.0. The first-order valence-corrected chi connectivity index (χ1v) is 8.58. The van der Waals surface area contributed by atoms with E-state index in [1.54, 1.807) is 17.1 Å². The van der Waals surface area contributed by atoms with Gasteiger partial charge in [0, 0.05) is 32.0 Å². The van der Waals surface area contributed by atoms with Gasteiger partial charge in [0.15, 0.2) is 5.65 Å². The molecule has 1 aliphatic rings. The lowest BCUT2D eigenvalue weighted by Crippen LogP contribution is -2.47. The minimum Gasteiger partial charge on any atom is -0.373 e. The van der Waals surface area contributed by atoms with Crippen LogP contribution >= 0.6 is 0 Å². The fraction of sp³-hybridized carbons (Fsp3) is 0.316. The van der Waals surface area contributed by atoms with Crippen LogP contribution in [0.4, 0.5) is 5.69 Å². The molecule has 4 rings (SSSR count). The Morgan fingerprint density at radius 2 is 2.08 bits per heavy atom. The molecule has 1 unspecified atom stereocenters. The van der Waals surface area contributed by atoms with Crippen LogP contribution in [0.25, 0.3) is 11.0 Å². The largest absolute Gasteiger partial charge is 0.373 e. The van der Waals surface area contributed by atoms with Gasteiger partial charge in [0.1, 0.15) is 6.04 Å². The Morgan fingerprint density at radius 1 is 1.24 bits per heavy atom. The van der Waals surface area contributed by atoms with Crippen molar-refractivity contribution in [1.29, 1.82) is 0 Å². The molecule has 0 radical (unpaired) electrons. The van der Waals surface area contributed by atoms with E-state index >= 15 is 0 Å². The topological polar surface area (TPSA) is 63.1 Å². The molecule has 1 fully saturated rings. The van der Waals surface area contributed by atoms with Gasteiger partial charge in [-0.25, -0.2) is 4.98 Å². The highest BCUT2D eigenvalue weighted by atomic mass is 16.2. The van der Waals surface area contributed by atoms with Gasteiger partial charge in [0.05, 0.1) is 11.6 Å². The van der Waals surface area contributed by atoms with Crippen LogP contribution in [0.5, 0.6) is 0 Å². The van der Waals surface area contributed by atoms with Gasteiger partial charge in [0.2, 0.25) is 5.91 Å². The number of aryl methyl sites for hydroxylation is 1. The Bertz CT molecular complexity index is 889. The maximum Gasteiger partial charge on any atom is 0.245 e. The Balaban J connectivity index is 1.53. The number of rotatable bonds is 4. The van der Waals surface area contributed by atoms with Crippen molar-refractivity contribution in [2.75, 3.05) is 11.9 Å². The average molecular weight is 335 g/mol. The summed E-state index contributed by atoms with van der Waals surface area (Å²) in [5.41, 5.74) is 2.89. The molecule has 6 nitrogen and oxygen atoms in total. The Kier molecular flexibility index (Phi) is 4.09. The van der Waals surface area contributed by atoms with Crippen molar-refractivity contribution in [2.24, 2.45) is 7.05 Å². The zero-order chi connectivity index (χ0) is 17.2. The predicted octanol–water partition coefficient (Wildman–Crippen LogP) is 2.57. The van der Waals surface area contributed by atoms with Crippen molar-refractivity contribution < 1.29 is 4.79 Å². The average Bonchev–Trinajstić information content (AvgIpc) is 3.02. The molecule has 3 aromatic rings. The molecule has 3 heterocycles. The number of hydrogen-bond acceptors (Lipinski definition) is 4. The van der Waals surface area contributed by atoms with Crippen molar-refractivity contribution in [3.8, 4) is 0 Å². The molecule has 1 atom stereocenters. The van der Waals surface area contributed by atoms with E-state index in [1.165, 1.54) is 0 Å². The fourth-order valence-electron chi connectivity index (χ4n) is 3.39. The summed E-state index contributed by atoms with van der Waals surface area (Å²) in [6.07, 6.45) is 5.38. The number of nitrogens with one attached hydrogen (secondary N) is 1. The van der Waals surface area contributed by atoms with Crippen molar-refractivity contribution in [2.45, 2.75) is 25.4 Å². The lowest BCUT2D eigenvalue weighted by molar-refractivity contribution is -0.134. The predicted molar refractivity (Wildman–Crippen MR) is 97.0 cm³/mol. The molecule has 25 heavy (non-hydrogen) atoms. The van der Waals surface area contributed by atoms with Gasteiger partial charge in [0.25, 0.3) is 0 Å². The highest BCUT2D eigenvalue weighted by molar-refractivity contribution is 5.92. The fourth-order valence-corrected chi connectivity index (χ4v) is 3.39. The normalized spacial score (nSPS) is 17.9. The number of benzene rings is 1. The van der Waals surface area contributed by atoms with E-state index in [9.17, 15) is 4.79 Å². The number of pyridine rings is 1. The van der Waals surface area contributed by atoms with E-state index in [2.05, 4.69) is 27.5 Å². The summed E-state index contributed by atoms with van der Waals surface area (Å²) in [4.78, 5) is 19.2. The van der Waals surface area contributed by atoms with E-state index < -0.39 is 0 Å². The number of amides is 1. The minimum absolute atomic E-state index is 0.156. The third-order valence-electron chi connectivity index (χ3n) is 4.71. The Labute approximate surface area is 146 Å². The maximum absolute atomic E-state index is 12.9. The molecule has 1 saturated heterocycles. The third-order valence-corrected chi connectivity index (χ3v) is 4.71. The second kappa shape index (κ2) is 6.55. The van der Waals surface area contributed by atoms with Crippen LogP contribution in [0.3, 0.4) is 0 Å². The third kappa shape index (κ3) is 3.07. The van der Waals surface area contributed by atoms with E-state index in [0.29, 0.717) is 6.54 Å². The molecule has 0 saturated carbocycles. The summed E-state index contributed by atoms with van der Waals surface area (Å²) in [5, 5.41) is 8.62. The van der Waals surface area contributed by atoms with Crippen molar-refractivity contribution in [1.82, 2.24) is 19.7 Å². The standard InChI is InChI=1S/C19H21N5O/c1-23-18-15(12-21-23)16(9-10-20-18)22-17-8-5-11-24(19(17)25)13-14-6-3-2-4-7-14/h2-4,6-7,9-10,12,17H,5,8,11,13H2,1H3,(H,20,22). The van der Waals surface area contributed by atoms with Crippen LogP contribution in [0.15, 0.2) is 48.8 Å². The Morgan fingerprint density at radius 3 is 2.92 bits per heavy atom. The molecule has 1 amide bonds. The molecule has 1 aromatic carbocycles. The molecule has 1 N–H and O–H groups in total. The van der Waals surface area contributed by atoms with Crippen LogP contribution in [-0.2, 0) is 18.4 Å². The van der Waals surface area contributed by atoms with Gasteiger partial charge >= 0.3 is 0 Å². The molecule has 0 spiro atoms. The van der Waals surface area contributed by atoms with Gasteiger partial charge in [-0.3, -0.25) is 9.48 Å². The summed E-state index contributed by atoms with van der Waals surface area (Å²) >= 11 is 0. The smallest absolute Gasteiger partial charge is 0.245 e. The first kappa shape index (κ1) is 15.6. The monoisotopic (exact) mass is 335 g/mol. The van der Waals surface area contributed by atoms with E-state index in [-0.39, 0.29) is 11.9 Å². The number of aromatic nitrogens is 3. The molecule has 128 valence electrons. The number of fused-ring (bicyclic) bond motifs is 1. The molecule has 6 heteroatoms. The summed E-state index contributed by atoms with van der Waals surface area (Å²) in [7, 11) is 1.87. The van der Waals surface area contributed by atoms with Gasteiger partial charge in [-0.2, -0.15) is 5.10 Å². The molecule has 0 aliphatic carbocycles. The first-order valence-electron chi connectivity index (χ1n) is 8.58. The van der Waals surface area contributed by atoms with Gasteiger partial charge in [-0.1, -0.05) is 30.3 Å². The number of carbonyl (C=O) groups excluding carboxylic acids is 1. The maximum atomic E-state index is 12.9. The number of likely N-dealkylation sites (tertiary alicyclic amines) is 1. The highest BCUT2D eigenvalue weighted by Gasteiger charge is 2.29. The number of anilines is 1. The highest BCUT2D eigenvalue weighted by Crippen LogP contribution is 2.24. The number of piperidine rings is 1. The van der Waals surface area contributed by atoms with Gasteiger partial charge in [-0.05, 0) is 24.5 Å². The van der Waals surface area contributed by atoms with Crippen molar-refractivity contribution in [3.05, 3.63) is 54.4 Å². The summed E-state index contributed by atoms with van der Waals surface area (Å²) in [6.45, 7) is 1.47. The number of carbonyl (C=O) groups is 1. The summed E-state index contributed by atoms with van der Waals surface area (Å²) in [6, 6.07) is 11.8. The van der Waals surface area contributed by atoms with Crippen molar-refractivity contribution in [3.63, 3.8) is 0 Å². The van der Waals surface area contributed by atoms with Crippen LogP contribution in [0, 0.1) is 0 Å². The van der Waals surface area contributed by atoms with Crippen LogP contribution < -0.4 is 5.32 Å². The van der Waals surface area contributed by atoms with Crippen LogP contribution in [0.1, 0.15) is 18.4 Å². The summed E-state index contributed by atoms with van der Waals surface area (Å²) < 4.78 is 1.74. The zero-order valence-electron chi connectivity index (χ0n) is 14.2. The van der Waals surface area contributed by atoms with Crippen molar-refractivity contribution >= 4 is 22.6 Å². The number of hydrogen-bond donors (Lipinski definition) is 1. The quantitative estimate of drug-likeness (QED) is 0.796. The van der Waals surface area contributed by atoms with Gasteiger partial charge < -0.3 is 10.2 Å². The van der Waals surface area contributed by atoms with E-state index in [0.717, 1.165) is 41.7 Å². The van der Waals surface area contributed by atoms with Gasteiger partial charge in [-0.15, -0.1) is 0 Å².